The van der Waals surface area contributed by atoms with Crippen molar-refractivity contribution in [2.24, 2.45) is 0 Å². The number of aryl methyl sites for hydroxylation is 1. The summed E-state index contributed by atoms with van der Waals surface area (Å²) >= 11 is 0. The molecule has 0 fully saturated rings. The molecule has 33 heavy (non-hydrogen) atoms. The van der Waals surface area contributed by atoms with Gasteiger partial charge in [-0.05, 0) is 48.9 Å². The number of hydrogen-bond donors (Lipinski definition) is 2. The van der Waals surface area contributed by atoms with Crippen molar-refractivity contribution in [1.82, 2.24) is 5.32 Å². The van der Waals surface area contributed by atoms with Crippen LogP contribution in [-0.4, -0.2) is 27.5 Å². The van der Waals surface area contributed by atoms with Crippen molar-refractivity contribution < 1.29 is 26.4 Å². The van der Waals surface area contributed by atoms with Crippen molar-refractivity contribution in [3.8, 4) is 0 Å². The van der Waals surface area contributed by atoms with E-state index in [2.05, 4.69) is 10.6 Å². The minimum atomic E-state index is -4.64. The molecule has 6 nitrogen and oxygen atoms in total. The van der Waals surface area contributed by atoms with Crippen molar-refractivity contribution in [2.75, 3.05) is 22.7 Å². The Kier molecular flexibility index (Phi) is 7.27. The third kappa shape index (κ3) is 6.04. The average molecular weight is 478 g/mol. The molecule has 2 amide bonds. The Hall–Kier alpha value is -3.53. The lowest BCUT2D eigenvalue weighted by molar-refractivity contribution is -0.137. The second-order valence-electron chi connectivity index (χ2n) is 7.13. The van der Waals surface area contributed by atoms with Gasteiger partial charge in [0.15, 0.2) is 0 Å². The average Bonchev–Trinajstić information content (AvgIpc) is 2.78. The molecule has 3 aromatic rings. The third-order valence-electron chi connectivity index (χ3n) is 4.79. The SMILES string of the molecule is Cc1ccccc1NC(=O)NCCN(c1cccc(C(F)(F)F)c1)S(=O)(=O)c1ccccc1. The Bertz CT molecular complexity index is 1220. The maximum absolute atomic E-state index is 13.2. The maximum atomic E-state index is 13.2. The smallest absolute Gasteiger partial charge is 0.336 e. The van der Waals surface area contributed by atoms with E-state index in [4.69, 9.17) is 0 Å². The second kappa shape index (κ2) is 9.95. The topological polar surface area (TPSA) is 78.5 Å². The Morgan fingerprint density at radius 1 is 0.939 bits per heavy atom. The van der Waals surface area contributed by atoms with Crippen LogP contribution in [0, 0.1) is 6.92 Å². The van der Waals surface area contributed by atoms with Gasteiger partial charge in [0.25, 0.3) is 10.0 Å². The van der Waals surface area contributed by atoms with Crippen LogP contribution in [0.2, 0.25) is 0 Å². The number of nitrogens with one attached hydrogen (secondary N) is 2. The summed E-state index contributed by atoms with van der Waals surface area (Å²) in [7, 11) is -4.19. The van der Waals surface area contributed by atoms with Gasteiger partial charge in [-0.25, -0.2) is 13.2 Å². The van der Waals surface area contributed by atoms with E-state index in [1.54, 1.807) is 18.2 Å². The van der Waals surface area contributed by atoms with Gasteiger partial charge in [-0.2, -0.15) is 13.2 Å². The summed E-state index contributed by atoms with van der Waals surface area (Å²) in [5, 5.41) is 5.21. The highest BCUT2D eigenvalue weighted by Crippen LogP contribution is 2.33. The molecule has 3 aromatic carbocycles. The Morgan fingerprint density at radius 2 is 1.61 bits per heavy atom. The zero-order chi connectivity index (χ0) is 24.1. The van der Waals surface area contributed by atoms with Crippen molar-refractivity contribution in [3.05, 3.63) is 90.0 Å². The zero-order valence-electron chi connectivity index (χ0n) is 17.6. The first-order valence-electron chi connectivity index (χ1n) is 9.94. The summed E-state index contributed by atoms with van der Waals surface area (Å²) in [4.78, 5) is 12.2. The number of anilines is 2. The lowest BCUT2D eigenvalue weighted by Crippen LogP contribution is -2.40. The Labute approximate surface area is 190 Å². The molecular formula is C23H22F3N3O3S. The monoisotopic (exact) mass is 477 g/mol. The van der Waals surface area contributed by atoms with Crippen LogP contribution in [-0.2, 0) is 16.2 Å². The Balaban J connectivity index is 1.82. The summed E-state index contributed by atoms with van der Waals surface area (Å²) < 4.78 is 66.9. The fourth-order valence-corrected chi connectivity index (χ4v) is 4.57. The van der Waals surface area contributed by atoms with Gasteiger partial charge in [-0.3, -0.25) is 4.31 Å². The normalized spacial score (nSPS) is 11.6. The highest BCUT2D eigenvalue weighted by molar-refractivity contribution is 7.92. The molecule has 0 aliphatic rings. The summed E-state index contributed by atoms with van der Waals surface area (Å²) in [6, 6.07) is 18.0. The molecule has 2 N–H and O–H groups in total. The molecule has 0 atom stereocenters. The molecule has 0 saturated heterocycles. The molecule has 174 valence electrons. The van der Waals surface area contributed by atoms with E-state index in [9.17, 15) is 26.4 Å². The molecule has 0 spiro atoms. The number of amides is 2. The number of halogens is 3. The number of para-hydroxylation sites is 1. The van der Waals surface area contributed by atoms with E-state index in [1.165, 1.54) is 30.3 Å². The molecule has 0 bridgehead atoms. The maximum Gasteiger partial charge on any atom is 0.416 e. The fraction of sp³-hybridized carbons (Fsp3) is 0.174. The minimum Gasteiger partial charge on any atom is -0.336 e. The van der Waals surface area contributed by atoms with Crippen LogP contribution in [0.3, 0.4) is 0 Å². The van der Waals surface area contributed by atoms with Gasteiger partial charge in [0, 0.05) is 12.2 Å². The van der Waals surface area contributed by atoms with E-state index < -0.39 is 27.8 Å². The second-order valence-corrected chi connectivity index (χ2v) is 9.00. The van der Waals surface area contributed by atoms with Crippen LogP contribution in [0.5, 0.6) is 0 Å². The molecule has 0 radical (unpaired) electrons. The number of benzene rings is 3. The van der Waals surface area contributed by atoms with Crippen LogP contribution in [0.4, 0.5) is 29.3 Å². The number of rotatable bonds is 7. The van der Waals surface area contributed by atoms with Gasteiger partial charge in [0.2, 0.25) is 0 Å². The van der Waals surface area contributed by atoms with Crippen molar-refractivity contribution in [2.45, 2.75) is 18.0 Å². The largest absolute Gasteiger partial charge is 0.416 e. The molecule has 3 rings (SSSR count). The summed E-state index contributed by atoms with van der Waals surface area (Å²) in [6.07, 6.45) is -4.64. The summed E-state index contributed by atoms with van der Waals surface area (Å²) in [5.74, 6) is 0. The molecule has 10 heteroatoms. The lowest BCUT2D eigenvalue weighted by atomic mass is 10.2. The van der Waals surface area contributed by atoms with E-state index >= 15 is 0 Å². The van der Waals surface area contributed by atoms with Gasteiger partial charge < -0.3 is 10.6 Å². The highest BCUT2D eigenvalue weighted by atomic mass is 32.2. The lowest BCUT2D eigenvalue weighted by Gasteiger charge is -2.25. The molecule has 0 aliphatic carbocycles. The van der Waals surface area contributed by atoms with Gasteiger partial charge in [-0.15, -0.1) is 0 Å². The number of nitrogens with zero attached hydrogens (tertiary/aromatic N) is 1. The number of sulfonamides is 1. The van der Waals surface area contributed by atoms with Crippen LogP contribution in [0.25, 0.3) is 0 Å². The molecular weight excluding hydrogens is 455 g/mol. The van der Waals surface area contributed by atoms with Gasteiger partial charge in [0.1, 0.15) is 0 Å². The molecule has 0 aliphatic heterocycles. The van der Waals surface area contributed by atoms with Crippen LogP contribution in [0.15, 0.2) is 83.8 Å². The predicted octanol–water partition coefficient (Wildman–Crippen LogP) is 5.03. The first-order valence-corrected chi connectivity index (χ1v) is 11.4. The first kappa shape index (κ1) is 24.1. The third-order valence-corrected chi connectivity index (χ3v) is 6.63. The Morgan fingerprint density at radius 3 is 2.27 bits per heavy atom. The van der Waals surface area contributed by atoms with E-state index in [0.29, 0.717) is 5.69 Å². The van der Waals surface area contributed by atoms with Crippen LogP contribution < -0.4 is 14.9 Å². The molecule has 0 heterocycles. The minimum absolute atomic E-state index is 0.0771. The first-order chi connectivity index (χ1) is 15.6. The van der Waals surface area contributed by atoms with Gasteiger partial charge in [0.05, 0.1) is 22.7 Å². The fourth-order valence-electron chi connectivity index (χ4n) is 3.10. The van der Waals surface area contributed by atoms with E-state index in [-0.39, 0.29) is 23.7 Å². The zero-order valence-corrected chi connectivity index (χ0v) is 18.5. The number of hydrogen-bond acceptors (Lipinski definition) is 3. The van der Waals surface area contributed by atoms with Crippen molar-refractivity contribution >= 4 is 27.4 Å². The standard InChI is InChI=1S/C23H22F3N3O3S/c1-17-8-5-6-13-21(17)28-22(30)27-14-15-29(33(31,32)20-11-3-2-4-12-20)19-10-7-9-18(16-19)23(24,25)26/h2-13,16H,14-15H2,1H3,(H2,27,28,30). The van der Waals surface area contributed by atoms with Crippen molar-refractivity contribution in [3.63, 3.8) is 0 Å². The van der Waals surface area contributed by atoms with Crippen molar-refractivity contribution in [1.29, 1.82) is 0 Å². The summed E-state index contributed by atoms with van der Waals surface area (Å²) in [6.45, 7) is 1.40. The number of alkyl halides is 3. The molecule has 0 aromatic heterocycles. The number of carbonyl (C=O) groups excluding carboxylic acids is 1. The van der Waals surface area contributed by atoms with Gasteiger partial charge >= 0.3 is 12.2 Å². The molecule has 0 unspecified atom stereocenters. The summed E-state index contributed by atoms with van der Waals surface area (Å²) in [5.41, 5.74) is 0.292. The number of urea groups is 1. The van der Waals surface area contributed by atoms with Crippen LogP contribution in [0.1, 0.15) is 11.1 Å². The van der Waals surface area contributed by atoms with E-state index in [0.717, 1.165) is 28.1 Å². The van der Waals surface area contributed by atoms with Gasteiger partial charge in [-0.1, -0.05) is 42.5 Å². The number of carbonyl (C=O) groups is 1. The predicted molar refractivity (Wildman–Crippen MR) is 121 cm³/mol. The quantitative estimate of drug-likeness (QED) is 0.501. The highest BCUT2D eigenvalue weighted by Gasteiger charge is 2.32. The van der Waals surface area contributed by atoms with E-state index in [1.807, 2.05) is 19.1 Å². The molecule has 0 saturated carbocycles. The van der Waals surface area contributed by atoms with Crippen LogP contribution >= 0.6 is 0 Å².